The first kappa shape index (κ1) is 22.6. The van der Waals surface area contributed by atoms with Crippen molar-refractivity contribution < 1.29 is 0 Å². The van der Waals surface area contributed by atoms with Crippen molar-refractivity contribution in [2.24, 2.45) is 0 Å². The number of halogens is 1. The maximum absolute atomic E-state index is 4.87. The summed E-state index contributed by atoms with van der Waals surface area (Å²) >= 11 is 3.52. The van der Waals surface area contributed by atoms with Gasteiger partial charge in [0.1, 0.15) is 0 Å². The molecule has 5 aromatic carbocycles. The van der Waals surface area contributed by atoms with Crippen molar-refractivity contribution in [1.82, 2.24) is 19.5 Å². The SMILES string of the molecule is Brc1nc(-c2ccc(-c3ccccc3)cc2)nc(-c2ccc3c(c2)c2ccccc2n3-c2ccccc2)n1. The zero-order chi connectivity index (χ0) is 25.5. The number of hydrogen-bond acceptors (Lipinski definition) is 3. The third-order valence-corrected chi connectivity index (χ3v) is 7.16. The molecule has 7 rings (SSSR count). The fourth-order valence-corrected chi connectivity index (χ4v) is 5.35. The Morgan fingerprint density at radius 3 is 1.76 bits per heavy atom. The molecular weight excluding hydrogens is 532 g/mol. The average Bonchev–Trinajstić information content (AvgIpc) is 3.31. The van der Waals surface area contributed by atoms with E-state index < -0.39 is 0 Å². The van der Waals surface area contributed by atoms with Gasteiger partial charge < -0.3 is 4.57 Å². The molecule has 0 aliphatic rings. The zero-order valence-corrected chi connectivity index (χ0v) is 21.9. The van der Waals surface area contributed by atoms with Gasteiger partial charge in [-0.1, -0.05) is 91.0 Å². The van der Waals surface area contributed by atoms with Gasteiger partial charge in [-0.2, -0.15) is 0 Å². The topological polar surface area (TPSA) is 43.6 Å². The summed E-state index contributed by atoms with van der Waals surface area (Å²) in [6.45, 7) is 0. The van der Waals surface area contributed by atoms with Gasteiger partial charge in [-0.15, -0.1) is 0 Å². The molecule has 0 aliphatic carbocycles. The third kappa shape index (κ3) is 3.98. The maximum Gasteiger partial charge on any atom is 0.200 e. The van der Waals surface area contributed by atoms with E-state index in [2.05, 4.69) is 134 Å². The Labute approximate surface area is 228 Å². The molecule has 2 aromatic heterocycles. The van der Waals surface area contributed by atoms with Crippen LogP contribution < -0.4 is 0 Å². The summed E-state index contributed by atoms with van der Waals surface area (Å²) in [6, 6.07) is 44.1. The second kappa shape index (κ2) is 9.36. The lowest BCUT2D eigenvalue weighted by Crippen LogP contribution is -1.98. The van der Waals surface area contributed by atoms with Crippen LogP contribution in [-0.2, 0) is 0 Å². The van der Waals surface area contributed by atoms with Crippen LogP contribution in [0.5, 0.6) is 0 Å². The molecule has 0 saturated heterocycles. The smallest absolute Gasteiger partial charge is 0.200 e. The Bertz CT molecular complexity index is 1910. The number of aromatic nitrogens is 4. The molecule has 0 saturated carbocycles. The summed E-state index contributed by atoms with van der Waals surface area (Å²) in [6.07, 6.45) is 0. The van der Waals surface area contributed by atoms with Crippen LogP contribution in [0, 0.1) is 0 Å². The highest BCUT2D eigenvalue weighted by atomic mass is 79.9. The van der Waals surface area contributed by atoms with E-state index in [0.29, 0.717) is 16.4 Å². The largest absolute Gasteiger partial charge is 0.309 e. The first-order valence-electron chi connectivity index (χ1n) is 12.4. The van der Waals surface area contributed by atoms with Crippen LogP contribution in [0.25, 0.3) is 61.4 Å². The number of hydrogen-bond donors (Lipinski definition) is 0. The van der Waals surface area contributed by atoms with Crippen molar-refractivity contribution in [2.45, 2.75) is 0 Å². The molecule has 0 bridgehead atoms. The molecule has 0 unspecified atom stereocenters. The van der Waals surface area contributed by atoms with Crippen LogP contribution in [0.15, 0.2) is 132 Å². The highest BCUT2D eigenvalue weighted by Crippen LogP contribution is 2.34. The molecule has 7 aromatic rings. The fourth-order valence-electron chi connectivity index (χ4n) is 5.02. The van der Waals surface area contributed by atoms with Gasteiger partial charge in [0.2, 0.25) is 4.73 Å². The first-order valence-corrected chi connectivity index (χ1v) is 13.2. The Kier molecular flexibility index (Phi) is 5.56. The molecular formula is C33H21BrN4. The minimum atomic E-state index is 0.511. The quantitative estimate of drug-likeness (QED) is 0.219. The van der Waals surface area contributed by atoms with Gasteiger partial charge in [-0.05, 0) is 63.5 Å². The molecule has 38 heavy (non-hydrogen) atoms. The molecule has 5 heteroatoms. The van der Waals surface area contributed by atoms with E-state index in [4.69, 9.17) is 4.98 Å². The van der Waals surface area contributed by atoms with E-state index in [9.17, 15) is 0 Å². The minimum Gasteiger partial charge on any atom is -0.309 e. The molecule has 0 N–H and O–H groups in total. The fraction of sp³-hybridized carbons (Fsp3) is 0. The number of benzene rings is 5. The van der Waals surface area contributed by atoms with Gasteiger partial charge in [0.25, 0.3) is 0 Å². The molecule has 0 radical (unpaired) electrons. The van der Waals surface area contributed by atoms with Crippen LogP contribution in [0.2, 0.25) is 0 Å². The minimum absolute atomic E-state index is 0.511. The Balaban J connectivity index is 1.33. The van der Waals surface area contributed by atoms with Gasteiger partial charge in [0, 0.05) is 27.6 Å². The number of rotatable bonds is 4. The van der Waals surface area contributed by atoms with Crippen molar-refractivity contribution in [3.8, 4) is 39.6 Å². The monoisotopic (exact) mass is 552 g/mol. The Morgan fingerprint density at radius 2 is 1.00 bits per heavy atom. The van der Waals surface area contributed by atoms with Crippen LogP contribution in [0.3, 0.4) is 0 Å². The molecule has 0 spiro atoms. The van der Waals surface area contributed by atoms with Gasteiger partial charge in [-0.25, -0.2) is 15.0 Å². The van der Waals surface area contributed by atoms with Gasteiger partial charge in [-0.3, -0.25) is 0 Å². The number of para-hydroxylation sites is 2. The lowest BCUT2D eigenvalue weighted by Gasteiger charge is -2.08. The van der Waals surface area contributed by atoms with E-state index in [1.165, 1.54) is 16.5 Å². The van der Waals surface area contributed by atoms with Crippen molar-refractivity contribution >= 4 is 37.7 Å². The average molecular weight is 553 g/mol. The second-order valence-corrected chi connectivity index (χ2v) is 9.82. The summed E-state index contributed by atoms with van der Waals surface area (Å²) < 4.78 is 2.81. The van der Waals surface area contributed by atoms with E-state index in [0.717, 1.165) is 33.3 Å². The van der Waals surface area contributed by atoms with Crippen LogP contribution >= 0.6 is 15.9 Å². The molecule has 0 fully saturated rings. The first-order chi connectivity index (χ1) is 18.7. The normalized spacial score (nSPS) is 11.3. The zero-order valence-electron chi connectivity index (χ0n) is 20.3. The Morgan fingerprint density at radius 1 is 0.447 bits per heavy atom. The molecule has 180 valence electrons. The van der Waals surface area contributed by atoms with Crippen LogP contribution in [0.1, 0.15) is 0 Å². The lowest BCUT2D eigenvalue weighted by molar-refractivity contribution is 1.03. The molecule has 0 amide bonds. The maximum atomic E-state index is 4.87. The van der Waals surface area contributed by atoms with E-state index >= 15 is 0 Å². The molecule has 0 atom stereocenters. The lowest BCUT2D eigenvalue weighted by atomic mass is 10.0. The van der Waals surface area contributed by atoms with E-state index in [1.807, 2.05) is 24.3 Å². The van der Waals surface area contributed by atoms with Gasteiger partial charge in [0.05, 0.1) is 11.0 Å². The van der Waals surface area contributed by atoms with Crippen LogP contribution in [0.4, 0.5) is 0 Å². The third-order valence-electron chi connectivity index (χ3n) is 6.80. The summed E-state index contributed by atoms with van der Waals surface area (Å²) in [5, 5.41) is 2.35. The van der Waals surface area contributed by atoms with Crippen molar-refractivity contribution in [1.29, 1.82) is 0 Å². The Hall–Kier alpha value is -4.61. The van der Waals surface area contributed by atoms with E-state index in [1.54, 1.807) is 0 Å². The van der Waals surface area contributed by atoms with Gasteiger partial charge >= 0.3 is 0 Å². The summed E-state index contributed by atoms with van der Waals surface area (Å²) in [4.78, 5) is 14.1. The van der Waals surface area contributed by atoms with E-state index in [-0.39, 0.29) is 0 Å². The predicted molar refractivity (Wildman–Crippen MR) is 158 cm³/mol. The van der Waals surface area contributed by atoms with Crippen molar-refractivity contribution in [3.63, 3.8) is 0 Å². The number of fused-ring (bicyclic) bond motifs is 3. The van der Waals surface area contributed by atoms with Crippen molar-refractivity contribution in [3.05, 3.63) is 132 Å². The molecule has 2 heterocycles. The summed E-state index contributed by atoms with van der Waals surface area (Å²) in [5.41, 5.74) is 7.67. The number of nitrogens with zero attached hydrogens (tertiary/aromatic N) is 4. The van der Waals surface area contributed by atoms with Gasteiger partial charge in [0.15, 0.2) is 11.6 Å². The standard InChI is InChI=1S/C33H21BrN4/c34-33-36-31(24-17-15-23(16-18-24)22-9-3-1-4-10-22)35-32(37-33)25-19-20-30-28(21-25)27-13-7-8-14-29(27)38(30)26-11-5-2-6-12-26/h1-21H. The predicted octanol–water partition coefficient (Wildman–Crippen LogP) is 8.73. The second-order valence-electron chi connectivity index (χ2n) is 9.12. The molecule has 0 aliphatic heterocycles. The summed E-state index contributed by atoms with van der Waals surface area (Å²) in [5.74, 6) is 1.26. The molecule has 4 nitrogen and oxygen atoms in total. The van der Waals surface area contributed by atoms with Crippen LogP contribution in [-0.4, -0.2) is 19.5 Å². The summed E-state index contributed by atoms with van der Waals surface area (Å²) in [7, 11) is 0. The highest BCUT2D eigenvalue weighted by molar-refractivity contribution is 9.10. The highest BCUT2D eigenvalue weighted by Gasteiger charge is 2.15. The van der Waals surface area contributed by atoms with Crippen molar-refractivity contribution in [2.75, 3.05) is 0 Å².